The minimum atomic E-state index is -2.41. The van der Waals surface area contributed by atoms with Crippen molar-refractivity contribution < 1.29 is 17.9 Å². The summed E-state index contributed by atoms with van der Waals surface area (Å²) in [5.41, 5.74) is 12.9. The average molecular weight is 816 g/mol. The molecule has 2 fully saturated rings. The molecule has 298 valence electrons. The second-order valence-corrected chi connectivity index (χ2v) is 18.5. The van der Waals surface area contributed by atoms with Crippen LogP contribution < -0.4 is 21.3 Å². The standard InChI is InChI=1S/C17H21N7O2S.C16H21ClN6O2S.2CH4/c1-11-10-26-5-4-24(11)16-8-15(23-27(2,3)25)21-17(22-16)12-6-13(9-18)20-14(19)7-12;1-10-9-25-5-4-23(10)15-8-14(22-26(2,3)24)20-16(21-15)11-6-12(17)19-13(18)7-11;;/h6-8,11H,4-5,10H2,1-3H3,(H2,19,20);6-8,10H,4-5,9H2,1-3H3,(H2,18,19);2*1H4/t11-;10-;;/m11../s1. The van der Waals surface area contributed by atoms with Crippen molar-refractivity contribution in [3.8, 4) is 28.8 Å². The molecule has 2 saturated heterocycles. The molecule has 0 aromatic carbocycles. The van der Waals surface area contributed by atoms with Gasteiger partial charge in [0.05, 0.1) is 38.5 Å². The lowest BCUT2D eigenvalue weighted by Gasteiger charge is -2.34. The van der Waals surface area contributed by atoms with Crippen LogP contribution in [0.5, 0.6) is 0 Å². The van der Waals surface area contributed by atoms with Gasteiger partial charge in [0.2, 0.25) is 0 Å². The number of nitriles is 1. The first kappa shape index (κ1) is 44.7. The van der Waals surface area contributed by atoms with Gasteiger partial charge in [0.25, 0.3) is 0 Å². The number of morpholine rings is 2. The van der Waals surface area contributed by atoms with Crippen molar-refractivity contribution in [1.82, 2.24) is 29.9 Å². The molecular weight excluding hydrogens is 766 g/mol. The summed E-state index contributed by atoms with van der Waals surface area (Å²) in [6, 6.07) is 12.2. The first-order chi connectivity index (χ1) is 25.0. The van der Waals surface area contributed by atoms with E-state index in [1.54, 1.807) is 61.4 Å². The smallest absolute Gasteiger partial charge is 0.167 e. The second kappa shape index (κ2) is 18.7. The van der Waals surface area contributed by atoms with Gasteiger partial charge < -0.3 is 30.7 Å². The maximum absolute atomic E-state index is 12.2. The fourth-order valence-electron chi connectivity index (χ4n) is 5.46. The molecule has 17 nitrogen and oxygen atoms in total. The molecule has 0 aliphatic carbocycles. The van der Waals surface area contributed by atoms with Crippen molar-refractivity contribution in [2.24, 2.45) is 8.73 Å². The topological polar surface area (TPSA) is 237 Å². The van der Waals surface area contributed by atoms with E-state index in [-0.39, 0.29) is 49.4 Å². The molecule has 2 aliphatic heterocycles. The lowest BCUT2D eigenvalue weighted by molar-refractivity contribution is 0.0985. The Balaban J connectivity index is 0.000000285. The van der Waals surface area contributed by atoms with Crippen LogP contribution in [-0.4, -0.2) is 115 Å². The van der Waals surface area contributed by atoms with E-state index in [4.69, 9.17) is 37.8 Å². The number of nitrogens with zero attached hydrogens (tertiary/aromatic N) is 11. The van der Waals surface area contributed by atoms with Crippen molar-refractivity contribution in [1.29, 1.82) is 5.26 Å². The Morgan fingerprint density at radius 3 is 1.56 bits per heavy atom. The van der Waals surface area contributed by atoms with Gasteiger partial charge in [-0.2, -0.15) is 14.0 Å². The highest BCUT2D eigenvalue weighted by molar-refractivity contribution is 7.92. The number of aromatic nitrogens is 6. The number of ether oxygens (including phenoxy) is 2. The van der Waals surface area contributed by atoms with Crippen LogP contribution in [0.2, 0.25) is 5.15 Å². The van der Waals surface area contributed by atoms with Crippen molar-refractivity contribution >= 4 is 66.0 Å². The SMILES string of the molecule is C.C.C[C@@H]1COCCN1c1cc(N=S(C)(C)=O)nc(-c2cc(N)nc(C#N)c2)n1.C[C@@H]1COCCN1c1cc(N=S(C)(C)=O)nc(-c2cc(N)nc(Cl)c2)n1. The summed E-state index contributed by atoms with van der Waals surface area (Å²) in [7, 11) is -4.78. The predicted octanol–water partition coefficient (Wildman–Crippen LogP) is 5.21. The number of anilines is 4. The number of hydrogen-bond donors (Lipinski definition) is 2. The van der Waals surface area contributed by atoms with Gasteiger partial charge in [0.15, 0.2) is 23.3 Å². The summed E-state index contributed by atoms with van der Waals surface area (Å²) < 4.78 is 43.8. The molecule has 6 heterocycles. The molecule has 4 aromatic rings. The van der Waals surface area contributed by atoms with E-state index in [2.05, 4.69) is 55.4 Å². The zero-order valence-corrected chi connectivity index (χ0v) is 32.7. The lowest BCUT2D eigenvalue weighted by Crippen LogP contribution is -2.44. The molecule has 0 unspecified atom stereocenters. The van der Waals surface area contributed by atoms with Gasteiger partial charge in [-0.05, 0) is 38.1 Å². The normalized spacial score (nSPS) is 17.1. The van der Waals surface area contributed by atoms with E-state index >= 15 is 0 Å². The van der Waals surface area contributed by atoms with Crippen LogP contribution in [0.25, 0.3) is 22.8 Å². The Labute approximate surface area is 329 Å². The summed E-state index contributed by atoms with van der Waals surface area (Å²) in [5, 5.41) is 9.40. The average Bonchev–Trinajstić information content (AvgIpc) is 3.06. The Kier molecular flexibility index (Phi) is 15.2. The number of nitrogens with two attached hydrogens (primary N) is 2. The van der Waals surface area contributed by atoms with E-state index in [1.165, 1.54) is 0 Å². The minimum absolute atomic E-state index is 0. The Morgan fingerprint density at radius 1 is 0.727 bits per heavy atom. The van der Waals surface area contributed by atoms with Crippen LogP contribution in [0.15, 0.2) is 45.1 Å². The molecule has 55 heavy (non-hydrogen) atoms. The van der Waals surface area contributed by atoms with E-state index in [1.807, 2.05) is 13.0 Å². The van der Waals surface area contributed by atoms with E-state index in [0.29, 0.717) is 85.6 Å². The van der Waals surface area contributed by atoms with Gasteiger partial charge in [-0.25, -0.2) is 38.3 Å². The highest BCUT2D eigenvalue weighted by Gasteiger charge is 2.24. The molecule has 0 saturated carbocycles. The summed E-state index contributed by atoms with van der Waals surface area (Å²) in [6.07, 6.45) is 6.22. The van der Waals surface area contributed by atoms with Crippen LogP contribution in [0.4, 0.5) is 34.9 Å². The first-order valence-corrected chi connectivity index (χ1v) is 21.4. The molecule has 0 radical (unpaired) electrons. The van der Waals surface area contributed by atoms with E-state index < -0.39 is 19.5 Å². The van der Waals surface area contributed by atoms with Crippen LogP contribution in [0.1, 0.15) is 34.4 Å². The van der Waals surface area contributed by atoms with Gasteiger partial charge in [-0.1, -0.05) is 26.5 Å². The zero-order chi connectivity index (χ0) is 38.5. The summed E-state index contributed by atoms with van der Waals surface area (Å²) >= 11 is 6.01. The maximum atomic E-state index is 12.2. The van der Waals surface area contributed by atoms with Gasteiger partial charge in [0.1, 0.15) is 40.2 Å². The van der Waals surface area contributed by atoms with Crippen molar-refractivity contribution in [2.45, 2.75) is 40.8 Å². The third kappa shape index (κ3) is 12.7. The molecule has 0 spiro atoms. The van der Waals surface area contributed by atoms with Crippen LogP contribution in [0.3, 0.4) is 0 Å². The number of rotatable bonds is 6. The van der Waals surface area contributed by atoms with Gasteiger partial charge >= 0.3 is 0 Å². The van der Waals surface area contributed by atoms with Gasteiger partial charge in [-0.15, -0.1) is 0 Å². The number of halogens is 1. The fraction of sp³-hybridized carbons (Fsp3) is 0.457. The largest absolute Gasteiger partial charge is 0.384 e. The van der Waals surface area contributed by atoms with Crippen molar-refractivity contribution in [3.05, 3.63) is 47.2 Å². The Bertz CT molecular complexity index is 2250. The minimum Gasteiger partial charge on any atom is -0.384 e. The predicted molar refractivity (Wildman–Crippen MR) is 222 cm³/mol. The third-order valence-electron chi connectivity index (χ3n) is 7.64. The first-order valence-electron chi connectivity index (χ1n) is 16.4. The van der Waals surface area contributed by atoms with Gasteiger partial charge in [0, 0.05) is 80.8 Å². The Morgan fingerprint density at radius 2 is 1.16 bits per heavy atom. The maximum Gasteiger partial charge on any atom is 0.167 e. The second-order valence-electron chi connectivity index (χ2n) is 13.0. The molecule has 2 atom stereocenters. The number of hydrogen-bond acceptors (Lipinski definition) is 17. The van der Waals surface area contributed by atoms with E-state index in [0.717, 1.165) is 0 Å². The number of pyridine rings is 2. The monoisotopic (exact) mass is 815 g/mol. The lowest BCUT2D eigenvalue weighted by atomic mass is 10.2. The fourth-order valence-corrected chi connectivity index (χ4v) is 6.76. The molecule has 0 amide bonds. The molecule has 2 aliphatic rings. The summed E-state index contributed by atoms with van der Waals surface area (Å²) in [5.74, 6) is 3.24. The van der Waals surface area contributed by atoms with Crippen LogP contribution in [-0.2, 0) is 28.9 Å². The molecule has 6 rings (SSSR count). The summed E-state index contributed by atoms with van der Waals surface area (Å²) in [6.45, 7) is 7.87. The third-order valence-corrected chi connectivity index (χ3v) is 9.09. The van der Waals surface area contributed by atoms with Crippen LogP contribution in [0, 0.1) is 11.3 Å². The Hall–Kier alpha value is -4.74. The van der Waals surface area contributed by atoms with Crippen LogP contribution >= 0.6 is 11.6 Å². The molecule has 20 heteroatoms. The number of nitrogen functional groups attached to an aromatic ring is 2. The quantitative estimate of drug-likeness (QED) is 0.238. The molecular formula is C35H50ClN13O4S2. The molecule has 4 N–H and O–H groups in total. The molecule has 4 aromatic heterocycles. The van der Waals surface area contributed by atoms with Gasteiger partial charge in [-0.3, -0.25) is 0 Å². The van der Waals surface area contributed by atoms with Crippen molar-refractivity contribution in [3.63, 3.8) is 0 Å². The summed E-state index contributed by atoms with van der Waals surface area (Å²) in [4.78, 5) is 30.3. The highest BCUT2D eigenvalue weighted by atomic mass is 35.5. The highest BCUT2D eigenvalue weighted by Crippen LogP contribution is 2.30. The van der Waals surface area contributed by atoms with Crippen molar-refractivity contribution in [2.75, 3.05) is 85.8 Å². The zero-order valence-electron chi connectivity index (χ0n) is 30.3. The molecule has 0 bridgehead atoms. The van der Waals surface area contributed by atoms with E-state index in [9.17, 15) is 8.42 Å².